The number of benzene rings is 1. The molecule has 0 spiro atoms. The maximum Gasteiger partial charge on any atom is 0.235 e. The molecule has 1 atom stereocenters. The molecule has 0 bridgehead atoms. The lowest BCUT2D eigenvalue weighted by Crippen LogP contribution is -2.18. The van der Waals surface area contributed by atoms with Gasteiger partial charge in [0.1, 0.15) is 5.82 Å². The fraction of sp³-hybridized carbons (Fsp3) is 0.444. The molecule has 1 aromatic heterocycles. The van der Waals surface area contributed by atoms with E-state index in [1.165, 1.54) is 24.0 Å². The third-order valence-corrected chi connectivity index (χ3v) is 6.67. The first kappa shape index (κ1) is 16.2. The van der Waals surface area contributed by atoms with Crippen LogP contribution in [0.4, 0.5) is 5.82 Å². The largest absolute Gasteiger partial charge is 0.310 e. The topological polar surface area (TPSA) is 46.9 Å². The van der Waals surface area contributed by atoms with Crippen molar-refractivity contribution in [1.82, 2.24) is 9.78 Å². The number of halogens is 1. The summed E-state index contributed by atoms with van der Waals surface area (Å²) in [6, 6.07) is 8.81. The molecule has 2 aliphatic rings. The summed E-state index contributed by atoms with van der Waals surface area (Å²) in [5.74, 6) is 1.46. The number of anilines is 1. The summed E-state index contributed by atoms with van der Waals surface area (Å²) < 4.78 is 3.16. The van der Waals surface area contributed by atoms with Crippen molar-refractivity contribution in [3.63, 3.8) is 0 Å². The monoisotopic (exact) mass is 405 g/mol. The Morgan fingerprint density at radius 3 is 2.67 bits per heavy atom. The molecule has 1 aromatic carbocycles. The molecule has 1 N–H and O–H groups in total. The van der Waals surface area contributed by atoms with Gasteiger partial charge in [-0.3, -0.25) is 4.79 Å². The number of hydrogen-bond acceptors (Lipinski definition) is 3. The highest BCUT2D eigenvalue weighted by Gasteiger charge is 2.32. The number of fused-ring (bicyclic) bond motifs is 1. The lowest BCUT2D eigenvalue weighted by molar-refractivity contribution is -0.113. The maximum atomic E-state index is 12.3. The first-order chi connectivity index (χ1) is 11.6. The van der Waals surface area contributed by atoms with Crippen molar-refractivity contribution in [3.05, 3.63) is 45.6 Å². The molecule has 1 amide bonds. The van der Waals surface area contributed by atoms with Crippen LogP contribution in [0.1, 0.15) is 53.8 Å². The number of thioether (sulfide) groups is 1. The zero-order chi connectivity index (χ0) is 16.7. The Morgan fingerprint density at radius 1 is 1.25 bits per heavy atom. The number of nitrogens with one attached hydrogen (secondary N) is 1. The molecule has 0 radical (unpaired) electrons. The number of rotatable bonds is 2. The van der Waals surface area contributed by atoms with Crippen molar-refractivity contribution in [2.45, 2.75) is 43.9 Å². The molecule has 0 saturated heterocycles. The molecule has 2 aromatic rings. The van der Waals surface area contributed by atoms with Crippen LogP contribution in [-0.4, -0.2) is 21.4 Å². The van der Waals surface area contributed by atoms with Gasteiger partial charge in [0.2, 0.25) is 5.91 Å². The lowest BCUT2D eigenvalue weighted by atomic mass is 10.0. The van der Waals surface area contributed by atoms with Gasteiger partial charge in [0.15, 0.2) is 0 Å². The van der Waals surface area contributed by atoms with Gasteiger partial charge in [-0.15, -0.1) is 11.8 Å². The Labute approximate surface area is 154 Å². The fourth-order valence-corrected chi connectivity index (χ4v) is 5.18. The van der Waals surface area contributed by atoms with E-state index in [0.717, 1.165) is 28.8 Å². The van der Waals surface area contributed by atoms with Crippen molar-refractivity contribution >= 4 is 39.4 Å². The average molecular weight is 406 g/mol. The molecule has 1 aliphatic heterocycles. The summed E-state index contributed by atoms with van der Waals surface area (Å²) in [5, 5.41) is 8.10. The standard InChI is InChI=1S/C18H20BrN3OS/c1-11-16-17(12-6-8-13(19)9-7-12)24-10-15(23)20-18(16)22(21-11)14-4-2-3-5-14/h6-9,14,17H,2-5,10H2,1H3,(H,20,23). The SMILES string of the molecule is Cc1nn(C2CCCC2)c2c1C(c1ccc(Br)cc1)SCC(=O)N2. The zero-order valence-corrected chi connectivity index (χ0v) is 16.0. The molecule has 126 valence electrons. The van der Waals surface area contributed by atoms with Gasteiger partial charge in [0, 0.05) is 10.0 Å². The molecule has 24 heavy (non-hydrogen) atoms. The van der Waals surface area contributed by atoms with Crippen LogP contribution in [0.3, 0.4) is 0 Å². The highest BCUT2D eigenvalue weighted by Crippen LogP contribution is 2.45. The molecule has 1 aliphatic carbocycles. The van der Waals surface area contributed by atoms with E-state index in [2.05, 4.69) is 57.1 Å². The van der Waals surface area contributed by atoms with Crippen LogP contribution in [0.15, 0.2) is 28.7 Å². The van der Waals surface area contributed by atoms with Gasteiger partial charge in [-0.25, -0.2) is 4.68 Å². The van der Waals surface area contributed by atoms with Gasteiger partial charge in [-0.1, -0.05) is 40.9 Å². The van der Waals surface area contributed by atoms with Crippen LogP contribution < -0.4 is 5.32 Å². The molecule has 4 rings (SSSR count). The van der Waals surface area contributed by atoms with Crippen molar-refractivity contribution in [1.29, 1.82) is 0 Å². The average Bonchev–Trinajstić information content (AvgIpc) is 3.15. The second kappa shape index (κ2) is 6.56. The van der Waals surface area contributed by atoms with E-state index in [4.69, 9.17) is 5.10 Å². The van der Waals surface area contributed by atoms with Gasteiger partial charge in [-0.2, -0.15) is 5.10 Å². The molecule has 1 saturated carbocycles. The second-order valence-electron chi connectivity index (χ2n) is 6.52. The summed E-state index contributed by atoms with van der Waals surface area (Å²) >= 11 is 5.18. The predicted molar refractivity (Wildman–Crippen MR) is 102 cm³/mol. The maximum absolute atomic E-state index is 12.3. The number of carbonyl (C=O) groups is 1. The minimum atomic E-state index is 0.0695. The Morgan fingerprint density at radius 2 is 1.96 bits per heavy atom. The number of carbonyl (C=O) groups excluding carboxylic acids is 1. The highest BCUT2D eigenvalue weighted by molar-refractivity contribution is 9.10. The van der Waals surface area contributed by atoms with Crippen molar-refractivity contribution in [2.75, 3.05) is 11.1 Å². The van der Waals surface area contributed by atoms with Gasteiger partial charge in [-0.05, 0) is 37.5 Å². The summed E-state index contributed by atoms with van der Waals surface area (Å²) in [4.78, 5) is 12.3. The van der Waals surface area contributed by atoms with Crippen molar-refractivity contribution in [3.8, 4) is 0 Å². The molecule has 1 fully saturated rings. The normalized spacial score (nSPS) is 21.4. The van der Waals surface area contributed by atoms with E-state index in [0.29, 0.717) is 11.8 Å². The van der Waals surface area contributed by atoms with E-state index in [-0.39, 0.29) is 11.2 Å². The smallest absolute Gasteiger partial charge is 0.235 e. The number of aromatic nitrogens is 2. The quantitative estimate of drug-likeness (QED) is 0.776. The third kappa shape index (κ3) is 2.90. The van der Waals surface area contributed by atoms with E-state index in [1.807, 2.05) is 0 Å². The predicted octanol–water partition coefficient (Wildman–Crippen LogP) is 4.84. The Hall–Kier alpha value is -1.27. The summed E-state index contributed by atoms with van der Waals surface area (Å²) in [6.45, 7) is 2.06. The van der Waals surface area contributed by atoms with E-state index < -0.39 is 0 Å². The fourth-order valence-electron chi connectivity index (χ4n) is 3.72. The van der Waals surface area contributed by atoms with Gasteiger partial charge in [0.25, 0.3) is 0 Å². The summed E-state index contributed by atoms with van der Waals surface area (Å²) in [5.41, 5.74) is 3.41. The molecule has 2 heterocycles. The third-order valence-electron chi connectivity index (χ3n) is 4.88. The van der Waals surface area contributed by atoms with E-state index >= 15 is 0 Å². The summed E-state index contributed by atoms with van der Waals surface area (Å²) in [6.07, 6.45) is 4.80. The highest BCUT2D eigenvalue weighted by atomic mass is 79.9. The number of nitrogens with zero attached hydrogens (tertiary/aromatic N) is 2. The number of hydrogen-bond donors (Lipinski definition) is 1. The molecular formula is C18H20BrN3OS. The van der Waals surface area contributed by atoms with Gasteiger partial charge < -0.3 is 5.32 Å². The Kier molecular flexibility index (Phi) is 4.43. The lowest BCUT2D eigenvalue weighted by Gasteiger charge is -2.17. The van der Waals surface area contributed by atoms with Crippen LogP contribution >= 0.6 is 27.7 Å². The van der Waals surface area contributed by atoms with Crippen LogP contribution in [-0.2, 0) is 4.79 Å². The number of amides is 1. The molecule has 6 heteroatoms. The van der Waals surface area contributed by atoms with Crippen LogP contribution in [0, 0.1) is 6.92 Å². The minimum absolute atomic E-state index is 0.0695. The Balaban J connectivity index is 1.82. The molecule has 1 unspecified atom stereocenters. The summed E-state index contributed by atoms with van der Waals surface area (Å²) in [7, 11) is 0. The second-order valence-corrected chi connectivity index (χ2v) is 8.53. The van der Waals surface area contributed by atoms with Crippen LogP contribution in [0.5, 0.6) is 0 Å². The van der Waals surface area contributed by atoms with Gasteiger partial charge >= 0.3 is 0 Å². The number of aryl methyl sites for hydroxylation is 1. The van der Waals surface area contributed by atoms with Crippen molar-refractivity contribution < 1.29 is 4.79 Å². The minimum Gasteiger partial charge on any atom is -0.310 e. The van der Waals surface area contributed by atoms with E-state index in [1.54, 1.807) is 11.8 Å². The van der Waals surface area contributed by atoms with E-state index in [9.17, 15) is 4.79 Å². The van der Waals surface area contributed by atoms with Crippen LogP contribution in [0.25, 0.3) is 0 Å². The molecular weight excluding hydrogens is 386 g/mol. The van der Waals surface area contributed by atoms with Crippen molar-refractivity contribution in [2.24, 2.45) is 0 Å². The Bertz CT molecular complexity index is 765. The first-order valence-electron chi connectivity index (χ1n) is 8.39. The van der Waals surface area contributed by atoms with Crippen LogP contribution in [0.2, 0.25) is 0 Å². The van der Waals surface area contributed by atoms with Gasteiger partial charge in [0.05, 0.1) is 22.7 Å². The first-order valence-corrected chi connectivity index (χ1v) is 10.2. The molecule has 4 nitrogen and oxygen atoms in total. The zero-order valence-electron chi connectivity index (χ0n) is 13.6.